The molecule has 4 rings (SSSR count). The summed E-state index contributed by atoms with van der Waals surface area (Å²) < 4.78 is 5.60. The van der Waals surface area contributed by atoms with Crippen LogP contribution in [0.25, 0.3) is 0 Å². The molecule has 0 bridgehead atoms. The molecule has 136 valence electrons. The van der Waals surface area contributed by atoms with Crippen molar-refractivity contribution in [2.75, 3.05) is 19.8 Å². The van der Waals surface area contributed by atoms with Crippen LogP contribution in [0.3, 0.4) is 0 Å². The summed E-state index contributed by atoms with van der Waals surface area (Å²) in [4.78, 5) is 12.7. The van der Waals surface area contributed by atoms with Gasteiger partial charge in [0, 0.05) is 31.1 Å². The van der Waals surface area contributed by atoms with Gasteiger partial charge in [0.15, 0.2) is 0 Å². The van der Waals surface area contributed by atoms with Gasteiger partial charge in [0.05, 0.1) is 0 Å². The molecule has 2 aromatic carbocycles. The van der Waals surface area contributed by atoms with Gasteiger partial charge in [-0.25, -0.2) is 0 Å². The van der Waals surface area contributed by atoms with Crippen molar-refractivity contribution in [3.05, 3.63) is 71.3 Å². The molecule has 0 aromatic heterocycles. The Morgan fingerprint density at radius 3 is 2.46 bits per heavy atom. The highest BCUT2D eigenvalue weighted by molar-refractivity contribution is 5.83. The fraction of sp³-hybridized carbons (Fsp3) is 0.435. The first-order valence-corrected chi connectivity index (χ1v) is 9.65. The van der Waals surface area contributed by atoms with E-state index < -0.39 is 0 Å². The summed E-state index contributed by atoms with van der Waals surface area (Å²) >= 11 is 0. The molecular weight excluding hydrogens is 322 g/mol. The van der Waals surface area contributed by atoms with E-state index in [0.717, 1.165) is 32.5 Å². The van der Waals surface area contributed by atoms with Crippen LogP contribution in [0.2, 0.25) is 0 Å². The third kappa shape index (κ3) is 3.54. The van der Waals surface area contributed by atoms with Crippen LogP contribution in [0.15, 0.2) is 54.6 Å². The largest absolute Gasteiger partial charge is 0.381 e. The van der Waals surface area contributed by atoms with Gasteiger partial charge in [0.2, 0.25) is 5.91 Å². The van der Waals surface area contributed by atoms with E-state index in [9.17, 15) is 4.79 Å². The van der Waals surface area contributed by atoms with Crippen LogP contribution < -0.4 is 5.32 Å². The minimum absolute atomic E-state index is 0.00125. The molecule has 1 N–H and O–H groups in total. The number of hydrogen-bond acceptors (Lipinski definition) is 2. The Balaban J connectivity index is 1.42. The average Bonchev–Trinajstić information content (AvgIpc) is 3.49. The number of carbonyl (C=O) groups excluding carboxylic acids is 1. The third-order valence-electron chi connectivity index (χ3n) is 6.07. The SMILES string of the molecule is Cc1ccc(C2(CNC(=O)C3CC3c3ccccc3)CCOCC2)cc1. The molecular formula is C23H27NO2. The normalized spacial score (nSPS) is 24.0. The van der Waals surface area contributed by atoms with E-state index >= 15 is 0 Å². The molecule has 1 saturated carbocycles. The van der Waals surface area contributed by atoms with Gasteiger partial charge >= 0.3 is 0 Å². The zero-order valence-corrected chi connectivity index (χ0v) is 15.4. The van der Waals surface area contributed by atoms with Crippen molar-refractivity contribution in [2.24, 2.45) is 5.92 Å². The number of hydrogen-bond donors (Lipinski definition) is 1. The first-order valence-electron chi connectivity index (χ1n) is 9.65. The minimum atomic E-state index is -0.00125. The highest BCUT2D eigenvalue weighted by atomic mass is 16.5. The number of nitrogens with one attached hydrogen (secondary N) is 1. The molecule has 1 aliphatic heterocycles. The highest BCUT2D eigenvalue weighted by Crippen LogP contribution is 2.47. The zero-order chi connectivity index (χ0) is 18.0. The standard InChI is InChI=1S/C23H27NO2/c1-17-7-9-19(10-8-17)23(11-13-26-14-12-23)16-24-22(25)21-15-20(21)18-5-3-2-4-6-18/h2-10,20-21H,11-16H2,1H3,(H,24,25). The van der Waals surface area contributed by atoms with E-state index in [1.165, 1.54) is 16.7 Å². The summed E-state index contributed by atoms with van der Waals surface area (Å²) in [7, 11) is 0. The lowest BCUT2D eigenvalue weighted by Gasteiger charge is -2.38. The third-order valence-corrected chi connectivity index (χ3v) is 6.07. The fourth-order valence-corrected chi connectivity index (χ4v) is 4.18. The molecule has 1 amide bonds. The molecule has 1 heterocycles. The zero-order valence-electron chi connectivity index (χ0n) is 15.4. The van der Waals surface area contributed by atoms with E-state index in [1.54, 1.807) is 0 Å². The van der Waals surface area contributed by atoms with Gasteiger partial charge in [-0.05, 0) is 43.2 Å². The Morgan fingerprint density at radius 2 is 1.77 bits per heavy atom. The van der Waals surface area contributed by atoms with Crippen LogP contribution in [-0.4, -0.2) is 25.7 Å². The van der Waals surface area contributed by atoms with Crippen LogP contribution in [0.5, 0.6) is 0 Å². The van der Waals surface area contributed by atoms with Crippen molar-refractivity contribution in [3.63, 3.8) is 0 Å². The molecule has 2 aromatic rings. The van der Waals surface area contributed by atoms with E-state index in [-0.39, 0.29) is 17.2 Å². The van der Waals surface area contributed by atoms with E-state index in [2.05, 4.69) is 60.8 Å². The average molecular weight is 349 g/mol. The molecule has 0 spiro atoms. The number of ether oxygens (including phenoxy) is 1. The van der Waals surface area contributed by atoms with E-state index in [4.69, 9.17) is 4.74 Å². The second kappa shape index (κ2) is 7.24. The van der Waals surface area contributed by atoms with Crippen LogP contribution in [0.1, 0.15) is 41.9 Å². The Labute approximate surface area is 155 Å². The first-order chi connectivity index (χ1) is 12.7. The van der Waals surface area contributed by atoms with Gasteiger partial charge in [-0.2, -0.15) is 0 Å². The Bertz CT molecular complexity index is 748. The first kappa shape index (κ1) is 17.3. The van der Waals surface area contributed by atoms with Gasteiger partial charge in [-0.3, -0.25) is 4.79 Å². The van der Waals surface area contributed by atoms with Gasteiger partial charge in [0.1, 0.15) is 0 Å². The number of carbonyl (C=O) groups is 1. The predicted octanol–water partition coefficient (Wildman–Crippen LogP) is 3.96. The maximum absolute atomic E-state index is 12.7. The molecule has 0 radical (unpaired) electrons. The van der Waals surface area contributed by atoms with Gasteiger partial charge in [-0.1, -0.05) is 60.2 Å². The van der Waals surface area contributed by atoms with Gasteiger partial charge in [-0.15, -0.1) is 0 Å². The van der Waals surface area contributed by atoms with Crippen LogP contribution in [0.4, 0.5) is 0 Å². The fourth-order valence-electron chi connectivity index (χ4n) is 4.18. The quantitative estimate of drug-likeness (QED) is 0.887. The molecule has 1 aliphatic carbocycles. The maximum atomic E-state index is 12.7. The van der Waals surface area contributed by atoms with Gasteiger partial charge < -0.3 is 10.1 Å². The predicted molar refractivity (Wildman–Crippen MR) is 103 cm³/mol. The Kier molecular flexibility index (Phi) is 4.82. The van der Waals surface area contributed by atoms with Crippen LogP contribution in [0, 0.1) is 12.8 Å². The number of aryl methyl sites for hydroxylation is 1. The Morgan fingerprint density at radius 1 is 1.08 bits per heavy atom. The Hall–Kier alpha value is -2.13. The summed E-state index contributed by atoms with van der Waals surface area (Å²) in [5.74, 6) is 0.727. The molecule has 2 atom stereocenters. The molecule has 3 heteroatoms. The van der Waals surface area contributed by atoms with E-state index in [0.29, 0.717) is 12.5 Å². The topological polar surface area (TPSA) is 38.3 Å². The number of rotatable bonds is 5. The summed E-state index contributed by atoms with van der Waals surface area (Å²) in [6.45, 7) is 4.34. The number of benzene rings is 2. The minimum Gasteiger partial charge on any atom is -0.381 e. The van der Waals surface area contributed by atoms with E-state index in [1.807, 2.05) is 6.07 Å². The molecule has 1 saturated heterocycles. The lowest BCUT2D eigenvalue weighted by atomic mass is 9.74. The lowest BCUT2D eigenvalue weighted by molar-refractivity contribution is -0.122. The van der Waals surface area contributed by atoms with Crippen molar-refractivity contribution in [1.82, 2.24) is 5.32 Å². The molecule has 2 aliphatic rings. The van der Waals surface area contributed by atoms with Crippen molar-refractivity contribution in [2.45, 2.75) is 37.5 Å². The highest BCUT2D eigenvalue weighted by Gasteiger charge is 2.44. The van der Waals surface area contributed by atoms with Crippen molar-refractivity contribution in [3.8, 4) is 0 Å². The maximum Gasteiger partial charge on any atom is 0.223 e. The molecule has 26 heavy (non-hydrogen) atoms. The van der Waals surface area contributed by atoms with Crippen LogP contribution in [-0.2, 0) is 14.9 Å². The van der Waals surface area contributed by atoms with Crippen molar-refractivity contribution in [1.29, 1.82) is 0 Å². The number of amides is 1. The molecule has 2 fully saturated rings. The molecule has 3 nitrogen and oxygen atoms in total. The lowest BCUT2D eigenvalue weighted by Crippen LogP contribution is -2.45. The van der Waals surface area contributed by atoms with Crippen molar-refractivity contribution >= 4 is 5.91 Å². The smallest absolute Gasteiger partial charge is 0.223 e. The summed E-state index contributed by atoms with van der Waals surface area (Å²) in [6.07, 6.45) is 2.89. The van der Waals surface area contributed by atoms with Gasteiger partial charge in [0.25, 0.3) is 0 Å². The second-order valence-electron chi connectivity index (χ2n) is 7.84. The molecule has 2 unspecified atom stereocenters. The summed E-state index contributed by atoms with van der Waals surface area (Å²) in [5.41, 5.74) is 3.87. The second-order valence-corrected chi connectivity index (χ2v) is 7.84. The van der Waals surface area contributed by atoms with Crippen LogP contribution >= 0.6 is 0 Å². The monoisotopic (exact) mass is 349 g/mol. The van der Waals surface area contributed by atoms with Crippen molar-refractivity contribution < 1.29 is 9.53 Å². The summed E-state index contributed by atoms with van der Waals surface area (Å²) in [5, 5.41) is 3.27. The summed E-state index contributed by atoms with van der Waals surface area (Å²) in [6, 6.07) is 19.2.